The molecule has 0 aromatic heterocycles. The topological polar surface area (TPSA) is 38.3 Å². The fraction of sp³-hybridized carbons (Fsp3) is 0.133. The van der Waals surface area contributed by atoms with Crippen molar-refractivity contribution in [1.82, 2.24) is 0 Å². The highest BCUT2D eigenvalue weighted by molar-refractivity contribution is 9.10. The lowest BCUT2D eigenvalue weighted by molar-refractivity contribution is 0.102. The Balaban J connectivity index is 2.18. The van der Waals surface area contributed by atoms with Crippen molar-refractivity contribution >= 4 is 27.5 Å². The molecular weight excluding hydrogens is 306 g/mol. The molecule has 2 aromatic rings. The highest BCUT2D eigenvalue weighted by Crippen LogP contribution is 2.20. The van der Waals surface area contributed by atoms with Crippen LogP contribution in [0.2, 0.25) is 0 Å². The maximum atomic E-state index is 12.1. The molecule has 2 aromatic carbocycles. The number of ether oxygens (including phenoxy) is 1. The van der Waals surface area contributed by atoms with Crippen LogP contribution in [-0.2, 0) is 0 Å². The molecule has 98 valence electrons. The van der Waals surface area contributed by atoms with Crippen LogP contribution in [0.3, 0.4) is 0 Å². The third-order valence-corrected chi connectivity index (χ3v) is 3.30. The number of rotatable bonds is 3. The Hall–Kier alpha value is -1.81. The standard InChI is InChI=1S/C15H14BrNO2/c1-10-3-4-11(9-14(10)19-2)15(18)17-13-7-5-12(16)6-8-13/h3-9H,1-2H3,(H,17,18). The van der Waals surface area contributed by atoms with Gasteiger partial charge in [-0.2, -0.15) is 0 Å². The first-order valence-electron chi connectivity index (χ1n) is 5.81. The minimum atomic E-state index is -0.152. The summed E-state index contributed by atoms with van der Waals surface area (Å²) in [5.74, 6) is 0.559. The van der Waals surface area contributed by atoms with E-state index >= 15 is 0 Å². The molecule has 0 atom stereocenters. The van der Waals surface area contributed by atoms with Crippen LogP contribution in [0, 0.1) is 6.92 Å². The molecule has 3 nitrogen and oxygen atoms in total. The average Bonchev–Trinajstić information content (AvgIpc) is 2.42. The van der Waals surface area contributed by atoms with Gasteiger partial charge in [-0.3, -0.25) is 4.79 Å². The normalized spacial score (nSPS) is 10.1. The first-order valence-corrected chi connectivity index (χ1v) is 6.61. The number of amides is 1. The van der Waals surface area contributed by atoms with Gasteiger partial charge < -0.3 is 10.1 Å². The van der Waals surface area contributed by atoms with Gasteiger partial charge in [0.1, 0.15) is 5.75 Å². The Labute approximate surface area is 120 Å². The first kappa shape index (κ1) is 13.6. The van der Waals surface area contributed by atoms with Gasteiger partial charge in [0.25, 0.3) is 5.91 Å². The number of anilines is 1. The fourth-order valence-electron chi connectivity index (χ4n) is 1.70. The molecule has 0 spiro atoms. The summed E-state index contributed by atoms with van der Waals surface area (Å²) in [6.07, 6.45) is 0. The minimum Gasteiger partial charge on any atom is -0.496 e. The molecule has 2 rings (SSSR count). The van der Waals surface area contributed by atoms with Gasteiger partial charge in [-0.15, -0.1) is 0 Å². The van der Waals surface area contributed by atoms with Crippen LogP contribution in [0.15, 0.2) is 46.9 Å². The van der Waals surface area contributed by atoms with Crippen LogP contribution in [-0.4, -0.2) is 13.0 Å². The predicted octanol–water partition coefficient (Wildman–Crippen LogP) is 4.02. The zero-order valence-electron chi connectivity index (χ0n) is 10.7. The number of hydrogen-bond acceptors (Lipinski definition) is 2. The Morgan fingerprint density at radius 2 is 1.84 bits per heavy atom. The van der Waals surface area contributed by atoms with Crippen molar-refractivity contribution in [2.24, 2.45) is 0 Å². The van der Waals surface area contributed by atoms with Gasteiger partial charge in [-0.05, 0) is 48.9 Å². The summed E-state index contributed by atoms with van der Waals surface area (Å²) in [6, 6.07) is 12.8. The van der Waals surface area contributed by atoms with Gasteiger partial charge in [0.15, 0.2) is 0 Å². The van der Waals surface area contributed by atoms with Gasteiger partial charge in [-0.1, -0.05) is 22.0 Å². The van der Waals surface area contributed by atoms with E-state index in [9.17, 15) is 4.79 Å². The molecule has 0 unspecified atom stereocenters. The summed E-state index contributed by atoms with van der Waals surface area (Å²) in [5, 5.41) is 2.84. The molecule has 0 aliphatic rings. The van der Waals surface area contributed by atoms with Crippen molar-refractivity contribution in [3.63, 3.8) is 0 Å². The molecule has 4 heteroatoms. The van der Waals surface area contributed by atoms with E-state index in [4.69, 9.17) is 4.74 Å². The molecule has 1 N–H and O–H groups in total. The Morgan fingerprint density at radius 1 is 1.16 bits per heavy atom. The van der Waals surface area contributed by atoms with E-state index in [1.54, 1.807) is 19.2 Å². The Bertz CT molecular complexity index is 594. The van der Waals surface area contributed by atoms with Crippen LogP contribution >= 0.6 is 15.9 Å². The minimum absolute atomic E-state index is 0.152. The van der Waals surface area contributed by atoms with Crippen LogP contribution in [0.5, 0.6) is 5.75 Å². The van der Waals surface area contributed by atoms with Gasteiger partial charge in [0, 0.05) is 15.7 Å². The highest BCUT2D eigenvalue weighted by atomic mass is 79.9. The van der Waals surface area contributed by atoms with Crippen molar-refractivity contribution in [2.75, 3.05) is 12.4 Å². The van der Waals surface area contributed by atoms with Gasteiger partial charge in [-0.25, -0.2) is 0 Å². The molecule has 1 amide bonds. The first-order chi connectivity index (χ1) is 9.10. The fourth-order valence-corrected chi connectivity index (χ4v) is 1.96. The summed E-state index contributed by atoms with van der Waals surface area (Å²) in [4.78, 5) is 12.1. The third kappa shape index (κ3) is 3.35. The van der Waals surface area contributed by atoms with Crippen LogP contribution < -0.4 is 10.1 Å². The second kappa shape index (κ2) is 5.89. The van der Waals surface area contributed by atoms with Crippen molar-refractivity contribution in [1.29, 1.82) is 0 Å². The molecule has 0 saturated carbocycles. The quantitative estimate of drug-likeness (QED) is 0.928. The number of halogens is 1. The number of nitrogens with one attached hydrogen (secondary N) is 1. The monoisotopic (exact) mass is 319 g/mol. The smallest absolute Gasteiger partial charge is 0.255 e. The number of aryl methyl sites for hydroxylation is 1. The second-order valence-corrected chi connectivity index (χ2v) is 5.06. The van der Waals surface area contributed by atoms with E-state index in [0.29, 0.717) is 11.3 Å². The zero-order chi connectivity index (χ0) is 13.8. The number of carbonyl (C=O) groups excluding carboxylic acids is 1. The van der Waals surface area contributed by atoms with Crippen molar-refractivity contribution in [3.05, 3.63) is 58.1 Å². The van der Waals surface area contributed by atoms with Crippen molar-refractivity contribution in [3.8, 4) is 5.75 Å². The summed E-state index contributed by atoms with van der Waals surface area (Å²) >= 11 is 3.35. The lowest BCUT2D eigenvalue weighted by atomic mass is 10.1. The molecule has 0 heterocycles. The molecule has 0 aliphatic heterocycles. The SMILES string of the molecule is COc1cc(C(=O)Nc2ccc(Br)cc2)ccc1C. The lowest BCUT2D eigenvalue weighted by Gasteiger charge is -2.08. The predicted molar refractivity (Wildman–Crippen MR) is 79.8 cm³/mol. The number of carbonyl (C=O) groups is 1. The van der Waals surface area contributed by atoms with Crippen LogP contribution in [0.1, 0.15) is 15.9 Å². The zero-order valence-corrected chi connectivity index (χ0v) is 12.3. The Kier molecular flexibility index (Phi) is 4.22. The second-order valence-electron chi connectivity index (χ2n) is 4.15. The highest BCUT2D eigenvalue weighted by Gasteiger charge is 2.08. The van der Waals surface area contributed by atoms with E-state index in [2.05, 4.69) is 21.2 Å². The molecule has 0 saturated heterocycles. The molecule has 0 aliphatic carbocycles. The summed E-state index contributed by atoms with van der Waals surface area (Å²) in [6.45, 7) is 1.94. The van der Waals surface area contributed by atoms with E-state index in [-0.39, 0.29) is 5.91 Å². The van der Waals surface area contributed by atoms with Crippen molar-refractivity contribution < 1.29 is 9.53 Å². The van der Waals surface area contributed by atoms with Crippen LogP contribution in [0.4, 0.5) is 5.69 Å². The average molecular weight is 320 g/mol. The van der Waals surface area contributed by atoms with Crippen molar-refractivity contribution in [2.45, 2.75) is 6.92 Å². The molecule has 0 radical (unpaired) electrons. The van der Waals surface area contributed by atoms with E-state index in [1.165, 1.54) is 0 Å². The van der Waals surface area contributed by atoms with Gasteiger partial charge >= 0.3 is 0 Å². The number of hydrogen-bond donors (Lipinski definition) is 1. The maximum absolute atomic E-state index is 12.1. The van der Waals surface area contributed by atoms with E-state index in [0.717, 1.165) is 15.7 Å². The lowest BCUT2D eigenvalue weighted by Crippen LogP contribution is -2.12. The number of benzene rings is 2. The summed E-state index contributed by atoms with van der Waals surface area (Å²) in [7, 11) is 1.60. The molecular formula is C15H14BrNO2. The summed E-state index contributed by atoms with van der Waals surface area (Å²) in [5.41, 5.74) is 2.33. The Morgan fingerprint density at radius 3 is 2.47 bits per heavy atom. The van der Waals surface area contributed by atoms with Gasteiger partial charge in [0.2, 0.25) is 0 Å². The summed E-state index contributed by atoms with van der Waals surface area (Å²) < 4.78 is 6.19. The van der Waals surface area contributed by atoms with Crippen LogP contribution in [0.25, 0.3) is 0 Å². The molecule has 0 bridgehead atoms. The largest absolute Gasteiger partial charge is 0.496 e. The van der Waals surface area contributed by atoms with E-state index in [1.807, 2.05) is 37.3 Å². The van der Waals surface area contributed by atoms with Gasteiger partial charge in [0.05, 0.1) is 7.11 Å². The van der Waals surface area contributed by atoms with E-state index < -0.39 is 0 Å². The molecule has 19 heavy (non-hydrogen) atoms. The molecule has 0 fully saturated rings. The number of methoxy groups -OCH3 is 1. The third-order valence-electron chi connectivity index (χ3n) is 2.77. The maximum Gasteiger partial charge on any atom is 0.255 e.